The number of ether oxygens (including phenoxy) is 2. The van der Waals surface area contributed by atoms with Gasteiger partial charge >= 0.3 is 6.61 Å². The first-order valence-electron chi connectivity index (χ1n) is 14.2. The van der Waals surface area contributed by atoms with Crippen LogP contribution in [-0.2, 0) is 9.53 Å². The fourth-order valence-electron chi connectivity index (χ4n) is 5.78. The van der Waals surface area contributed by atoms with Crippen molar-refractivity contribution in [3.8, 4) is 16.9 Å². The summed E-state index contributed by atoms with van der Waals surface area (Å²) in [5.41, 5.74) is 2.34. The molecule has 4 heterocycles. The van der Waals surface area contributed by atoms with Crippen molar-refractivity contribution < 1.29 is 31.8 Å². The Morgan fingerprint density at radius 3 is 2.45 bits per heavy atom. The number of carbonyl (C=O) groups is 1. The summed E-state index contributed by atoms with van der Waals surface area (Å²) in [6.45, 7) is 5.45. The van der Waals surface area contributed by atoms with Crippen LogP contribution in [0.3, 0.4) is 0 Å². The van der Waals surface area contributed by atoms with Gasteiger partial charge in [0.2, 0.25) is 5.91 Å². The van der Waals surface area contributed by atoms with E-state index in [1.165, 1.54) is 12.1 Å². The average Bonchev–Trinajstić information content (AvgIpc) is 3.26. The number of hydrogen-bond donors (Lipinski definition) is 1. The van der Waals surface area contributed by atoms with Gasteiger partial charge in [0.15, 0.2) is 0 Å². The van der Waals surface area contributed by atoms with Gasteiger partial charge in [-0.25, -0.2) is 18.7 Å². The van der Waals surface area contributed by atoms with Gasteiger partial charge in [0, 0.05) is 61.6 Å². The first-order chi connectivity index (χ1) is 21.0. The Bertz CT molecular complexity index is 1730. The highest BCUT2D eigenvalue weighted by atomic mass is 19.3. The van der Waals surface area contributed by atoms with Gasteiger partial charge in [0.1, 0.15) is 29.0 Å². The van der Waals surface area contributed by atoms with Gasteiger partial charge in [-0.1, -0.05) is 26.0 Å². The largest absolute Gasteiger partial charge is 0.435 e. The molecule has 1 N–H and O–H groups in total. The van der Waals surface area contributed by atoms with E-state index in [4.69, 9.17) is 4.74 Å². The van der Waals surface area contributed by atoms with Crippen LogP contribution in [0.25, 0.3) is 22.0 Å². The molecule has 0 spiro atoms. The summed E-state index contributed by atoms with van der Waals surface area (Å²) in [6.07, 6.45) is 1.97. The molecule has 12 heteroatoms. The molecule has 2 saturated heterocycles. The highest BCUT2D eigenvalue weighted by molar-refractivity contribution is 6.03. The lowest BCUT2D eigenvalue weighted by atomic mass is 9.93. The zero-order chi connectivity index (χ0) is 31.2. The summed E-state index contributed by atoms with van der Waals surface area (Å²) in [4.78, 5) is 25.9. The quantitative estimate of drug-likeness (QED) is 0.230. The highest BCUT2D eigenvalue weighted by Crippen LogP contribution is 2.42. The second-order valence-electron chi connectivity index (χ2n) is 11.8. The third-order valence-corrected chi connectivity index (χ3v) is 7.87. The number of halogens is 4. The molecule has 6 rings (SSSR count). The van der Waals surface area contributed by atoms with Crippen LogP contribution in [0.4, 0.5) is 40.6 Å². The molecule has 0 aliphatic carbocycles. The van der Waals surface area contributed by atoms with Crippen LogP contribution in [0.15, 0.2) is 48.7 Å². The number of pyridine rings is 2. The van der Waals surface area contributed by atoms with Crippen LogP contribution in [0.5, 0.6) is 5.75 Å². The molecule has 44 heavy (non-hydrogen) atoms. The van der Waals surface area contributed by atoms with Gasteiger partial charge in [-0.05, 0) is 30.0 Å². The number of nitrogens with one attached hydrogen (secondary N) is 1. The van der Waals surface area contributed by atoms with Gasteiger partial charge in [-0.3, -0.25) is 9.69 Å². The standard InChI is InChI=1S/C32H31F4N5O3/c1-18-29(28-23(34)12-20(33)13-25(28)39-30(18)41-17-32(2,3)15-27(41)42)38-24-14-26(40-8-10-43-11-9-40)37-16-22(24)19-4-6-21(7-5-19)44-31(35)36/h4-7,12-14,16,31H,8-11,15,17H2,1-3H3,(H,37,38,39). The molecule has 4 aromatic rings. The van der Waals surface area contributed by atoms with Crippen LogP contribution >= 0.6 is 0 Å². The number of morpholine rings is 1. The molecular formula is C32H31F4N5O3. The SMILES string of the molecule is Cc1c(N2CC(C)(C)CC2=O)nc2cc(F)cc(F)c2c1Nc1cc(N2CCOCC2)ncc1-c1ccc(OC(F)F)cc1. The molecule has 0 unspecified atom stereocenters. The number of benzene rings is 2. The number of rotatable bonds is 7. The zero-order valence-corrected chi connectivity index (χ0v) is 24.5. The second kappa shape index (κ2) is 11.6. The number of nitrogens with zero attached hydrogens (tertiary/aromatic N) is 4. The summed E-state index contributed by atoms with van der Waals surface area (Å²) in [6, 6.07) is 9.86. The van der Waals surface area contributed by atoms with E-state index in [1.807, 2.05) is 19.9 Å². The predicted octanol–water partition coefficient (Wildman–Crippen LogP) is 6.83. The van der Waals surface area contributed by atoms with Crippen molar-refractivity contribution >= 4 is 39.8 Å². The molecule has 8 nitrogen and oxygen atoms in total. The fourth-order valence-corrected chi connectivity index (χ4v) is 5.78. The number of alkyl halides is 2. The average molecular weight is 610 g/mol. The molecule has 1 amide bonds. The number of hydrogen-bond acceptors (Lipinski definition) is 7. The van der Waals surface area contributed by atoms with Crippen LogP contribution in [0.2, 0.25) is 0 Å². The Hall–Kier alpha value is -4.45. The van der Waals surface area contributed by atoms with Crippen molar-refractivity contribution in [3.05, 3.63) is 65.9 Å². The maximum absolute atomic E-state index is 15.5. The number of anilines is 4. The Labute approximate surface area is 251 Å². The predicted molar refractivity (Wildman–Crippen MR) is 160 cm³/mol. The minimum Gasteiger partial charge on any atom is -0.435 e. The summed E-state index contributed by atoms with van der Waals surface area (Å²) in [5.74, 6) is -0.761. The van der Waals surface area contributed by atoms with Crippen molar-refractivity contribution in [2.24, 2.45) is 5.41 Å². The lowest BCUT2D eigenvalue weighted by Crippen LogP contribution is -2.36. The van der Waals surface area contributed by atoms with E-state index in [9.17, 15) is 18.0 Å². The molecule has 2 aliphatic heterocycles. The normalized spacial score (nSPS) is 16.7. The van der Waals surface area contributed by atoms with Crippen LogP contribution in [0, 0.1) is 24.0 Å². The van der Waals surface area contributed by atoms with E-state index >= 15 is 4.39 Å². The lowest BCUT2D eigenvalue weighted by Gasteiger charge is -2.29. The maximum atomic E-state index is 15.5. The van der Waals surface area contributed by atoms with E-state index in [-0.39, 0.29) is 28.0 Å². The summed E-state index contributed by atoms with van der Waals surface area (Å²) >= 11 is 0. The van der Waals surface area contributed by atoms with Gasteiger partial charge in [-0.2, -0.15) is 8.78 Å². The number of fused-ring (bicyclic) bond motifs is 1. The first kappa shape index (κ1) is 29.6. The summed E-state index contributed by atoms with van der Waals surface area (Å²) < 4.78 is 65.5. The summed E-state index contributed by atoms with van der Waals surface area (Å²) in [7, 11) is 0. The smallest absolute Gasteiger partial charge is 0.387 e. The topological polar surface area (TPSA) is 79.8 Å². The molecule has 230 valence electrons. The third kappa shape index (κ3) is 5.86. The van der Waals surface area contributed by atoms with Crippen LogP contribution in [-0.4, -0.2) is 55.3 Å². The second-order valence-corrected chi connectivity index (χ2v) is 11.8. The third-order valence-electron chi connectivity index (χ3n) is 7.87. The van der Waals surface area contributed by atoms with Gasteiger partial charge in [0.05, 0.1) is 35.5 Å². The Balaban J connectivity index is 1.51. The minimum absolute atomic E-state index is 0.000860. The van der Waals surface area contributed by atoms with E-state index in [0.29, 0.717) is 79.0 Å². The first-order valence-corrected chi connectivity index (χ1v) is 14.2. The van der Waals surface area contributed by atoms with Gasteiger partial charge in [-0.15, -0.1) is 0 Å². The number of amides is 1. The molecule has 0 radical (unpaired) electrons. The van der Waals surface area contributed by atoms with E-state index in [0.717, 1.165) is 12.1 Å². The minimum atomic E-state index is -2.96. The van der Waals surface area contributed by atoms with Crippen molar-refractivity contribution in [3.63, 3.8) is 0 Å². The van der Waals surface area contributed by atoms with Crippen molar-refractivity contribution in [2.75, 3.05) is 48.0 Å². The van der Waals surface area contributed by atoms with E-state index in [2.05, 4.69) is 24.9 Å². The van der Waals surface area contributed by atoms with Gasteiger partial charge in [0.25, 0.3) is 0 Å². The van der Waals surface area contributed by atoms with Crippen LogP contribution in [0.1, 0.15) is 25.8 Å². The molecule has 2 aromatic carbocycles. The zero-order valence-electron chi connectivity index (χ0n) is 24.5. The molecule has 2 aromatic heterocycles. The maximum Gasteiger partial charge on any atom is 0.387 e. The molecule has 0 bridgehead atoms. The number of aromatic nitrogens is 2. The number of carbonyl (C=O) groups excluding carboxylic acids is 1. The Morgan fingerprint density at radius 2 is 1.80 bits per heavy atom. The molecule has 2 aliphatic rings. The Kier molecular flexibility index (Phi) is 7.79. The van der Waals surface area contributed by atoms with E-state index < -0.39 is 18.2 Å². The van der Waals surface area contributed by atoms with E-state index in [1.54, 1.807) is 30.2 Å². The molecular weight excluding hydrogens is 578 g/mol. The van der Waals surface area contributed by atoms with Crippen molar-refractivity contribution in [1.82, 2.24) is 9.97 Å². The monoisotopic (exact) mass is 609 g/mol. The Morgan fingerprint density at radius 1 is 1.07 bits per heavy atom. The van der Waals surface area contributed by atoms with Crippen molar-refractivity contribution in [1.29, 1.82) is 0 Å². The lowest BCUT2D eigenvalue weighted by molar-refractivity contribution is -0.117. The summed E-state index contributed by atoms with van der Waals surface area (Å²) in [5, 5.41) is 3.44. The van der Waals surface area contributed by atoms with Gasteiger partial charge < -0.3 is 19.7 Å². The van der Waals surface area contributed by atoms with Crippen molar-refractivity contribution in [2.45, 2.75) is 33.8 Å². The molecule has 2 fully saturated rings. The molecule has 0 atom stereocenters. The van der Waals surface area contributed by atoms with Crippen LogP contribution < -0.4 is 19.9 Å². The fraction of sp³-hybridized carbons (Fsp3) is 0.344. The highest BCUT2D eigenvalue weighted by Gasteiger charge is 2.38. The molecule has 0 saturated carbocycles.